The average molecular weight is 194 g/mol. The molecule has 0 unspecified atom stereocenters. The summed E-state index contributed by atoms with van der Waals surface area (Å²) >= 11 is 0. The van der Waals surface area contributed by atoms with E-state index < -0.39 is 5.97 Å². The zero-order chi connectivity index (χ0) is 10.6. The van der Waals surface area contributed by atoms with Gasteiger partial charge in [-0.25, -0.2) is 4.79 Å². The smallest absolute Gasteiger partial charge is 0.328 e. The van der Waals surface area contributed by atoms with E-state index in [9.17, 15) is 9.90 Å². The van der Waals surface area contributed by atoms with Gasteiger partial charge in [0.05, 0.1) is 5.69 Å². The molecule has 5 nitrogen and oxygen atoms in total. The first-order valence-corrected chi connectivity index (χ1v) is 3.84. The topological polar surface area (TPSA) is 95.6 Å². The van der Waals surface area contributed by atoms with E-state index in [2.05, 4.69) is 5.43 Å². The second kappa shape index (κ2) is 4.29. The van der Waals surface area contributed by atoms with Crippen molar-refractivity contribution in [3.63, 3.8) is 0 Å². The van der Waals surface area contributed by atoms with Crippen molar-refractivity contribution in [3.05, 3.63) is 29.8 Å². The van der Waals surface area contributed by atoms with Gasteiger partial charge in [-0.05, 0) is 23.8 Å². The van der Waals surface area contributed by atoms with Gasteiger partial charge in [0.25, 0.3) is 0 Å². The van der Waals surface area contributed by atoms with Crippen molar-refractivity contribution < 1.29 is 15.0 Å². The number of rotatable bonds is 3. The van der Waals surface area contributed by atoms with Crippen LogP contribution >= 0.6 is 0 Å². The summed E-state index contributed by atoms with van der Waals surface area (Å²) in [5, 5.41) is 17.6. The first-order chi connectivity index (χ1) is 6.63. The first kappa shape index (κ1) is 10.1. The zero-order valence-corrected chi connectivity index (χ0v) is 7.27. The monoisotopic (exact) mass is 194 g/mol. The number of carboxylic acids is 1. The van der Waals surface area contributed by atoms with E-state index in [1.807, 2.05) is 0 Å². The Bertz CT molecular complexity index is 374. The lowest BCUT2D eigenvalue weighted by molar-refractivity contribution is -0.131. The van der Waals surface area contributed by atoms with Crippen LogP contribution in [0.3, 0.4) is 0 Å². The van der Waals surface area contributed by atoms with Gasteiger partial charge in [0.15, 0.2) is 0 Å². The van der Waals surface area contributed by atoms with Crippen molar-refractivity contribution >= 4 is 17.7 Å². The van der Waals surface area contributed by atoms with Gasteiger partial charge in [0, 0.05) is 6.08 Å². The van der Waals surface area contributed by atoms with E-state index in [-0.39, 0.29) is 5.75 Å². The number of hydrazine groups is 1. The molecule has 74 valence electrons. The minimum Gasteiger partial charge on any atom is -0.506 e. The summed E-state index contributed by atoms with van der Waals surface area (Å²) in [6.45, 7) is 0. The largest absolute Gasteiger partial charge is 0.506 e. The summed E-state index contributed by atoms with van der Waals surface area (Å²) in [5.41, 5.74) is 3.27. The number of nitrogens with one attached hydrogen (secondary N) is 1. The molecule has 0 aliphatic rings. The average Bonchev–Trinajstić information content (AvgIpc) is 2.16. The summed E-state index contributed by atoms with van der Waals surface area (Å²) in [5.74, 6) is 4.11. The van der Waals surface area contributed by atoms with Gasteiger partial charge in [0.1, 0.15) is 5.75 Å². The second-order valence-corrected chi connectivity index (χ2v) is 2.59. The fourth-order valence-corrected chi connectivity index (χ4v) is 0.940. The Kier molecular flexibility index (Phi) is 3.09. The summed E-state index contributed by atoms with van der Waals surface area (Å²) in [4.78, 5) is 10.2. The fraction of sp³-hybridized carbons (Fsp3) is 0. The highest BCUT2D eigenvalue weighted by molar-refractivity contribution is 5.85. The maximum Gasteiger partial charge on any atom is 0.328 e. The standard InChI is InChI=1S/C9H10N2O3/c10-11-7-5-6(1-3-8(7)12)2-4-9(13)14/h1-5,11-12H,10H2,(H,13,14)/b4-2+. The molecule has 0 heterocycles. The van der Waals surface area contributed by atoms with E-state index in [1.165, 1.54) is 18.2 Å². The van der Waals surface area contributed by atoms with Crippen LogP contribution in [0, 0.1) is 0 Å². The Morgan fingerprint density at radius 2 is 2.21 bits per heavy atom. The number of carbonyl (C=O) groups is 1. The third kappa shape index (κ3) is 2.49. The number of carboxylic acid groups (broad SMARTS) is 1. The lowest BCUT2D eigenvalue weighted by Crippen LogP contribution is -2.06. The molecule has 0 spiro atoms. The molecule has 0 saturated heterocycles. The number of phenolic OH excluding ortho intramolecular Hbond substituents is 1. The third-order valence-corrected chi connectivity index (χ3v) is 1.59. The molecule has 1 aromatic carbocycles. The molecule has 1 rings (SSSR count). The van der Waals surface area contributed by atoms with Crippen LogP contribution < -0.4 is 11.3 Å². The van der Waals surface area contributed by atoms with Crippen molar-refractivity contribution in [3.8, 4) is 5.75 Å². The van der Waals surface area contributed by atoms with Crippen LogP contribution in [0.25, 0.3) is 6.08 Å². The number of hydrogen-bond acceptors (Lipinski definition) is 4. The van der Waals surface area contributed by atoms with Gasteiger partial charge in [-0.15, -0.1) is 0 Å². The molecule has 0 radical (unpaired) electrons. The lowest BCUT2D eigenvalue weighted by Gasteiger charge is -2.03. The van der Waals surface area contributed by atoms with E-state index in [0.717, 1.165) is 6.08 Å². The normalized spacial score (nSPS) is 10.4. The molecular formula is C9H10N2O3. The van der Waals surface area contributed by atoms with Gasteiger partial charge in [0.2, 0.25) is 0 Å². The highest BCUT2D eigenvalue weighted by Crippen LogP contribution is 2.23. The van der Waals surface area contributed by atoms with Crippen molar-refractivity contribution in [1.29, 1.82) is 0 Å². The minimum absolute atomic E-state index is 0.0139. The van der Waals surface area contributed by atoms with Crippen LogP contribution in [0.2, 0.25) is 0 Å². The first-order valence-electron chi connectivity index (χ1n) is 3.84. The number of benzene rings is 1. The van der Waals surface area contributed by atoms with Gasteiger partial charge in [-0.1, -0.05) is 6.07 Å². The third-order valence-electron chi connectivity index (χ3n) is 1.59. The van der Waals surface area contributed by atoms with E-state index in [4.69, 9.17) is 10.9 Å². The molecule has 5 N–H and O–H groups in total. The van der Waals surface area contributed by atoms with Crippen molar-refractivity contribution in [1.82, 2.24) is 0 Å². The Morgan fingerprint density at radius 1 is 1.50 bits per heavy atom. The maximum atomic E-state index is 10.2. The Balaban J connectivity index is 2.95. The molecule has 0 atom stereocenters. The minimum atomic E-state index is -1.03. The van der Waals surface area contributed by atoms with Crippen LogP contribution in [-0.4, -0.2) is 16.2 Å². The molecule has 0 aliphatic heterocycles. The molecule has 0 aromatic heterocycles. The number of nitrogen functional groups attached to an aromatic ring is 1. The van der Waals surface area contributed by atoms with E-state index in [0.29, 0.717) is 11.3 Å². The van der Waals surface area contributed by atoms with E-state index >= 15 is 0 Å². The SMILES string of the molecule is NNc1cc(/C=C/C(=O)O)ccc1O. The number of nitrogens with two attached hydrogens (primary N) is 1. The number of anilines is 1. The molecule has 5 heteroatoms. The lowest BCUT2D eigenvalue weighted by atomic mass is 10.2. The van der Waals surface area contributed by atoms with Gasteiger partial charge < -0.3 is 15.6 Å². The molecular weight excluding hydrogens is 184 g/mol. The molecule has 1 aromatic rings. The predicted molar refractivity (Wildman–Crippen MR) is 52.6 cm³/mol. The number of aromatic hydroxyl groups is 1. The highest BCUT2D eigenvalue weighted by Gasteiger charge is 1.98. The Hall–Kier alpha value is -2.01. The molecule has 0 saturated carbocycles. The van der Waals surface area contributed by atoms with Crippen LogP contribution in [0.1, 0.15) is 5.56 Å². The van der Waals surface area contributed by atoms with E-state index in [1.54, 1.807) is 6.07 Å². The molecule has 0 aliphatic carbocycles. The van der Waals surface area contributed by atoms with Gasteiger partial charge >= 0.3 is 5.97 Å². The fourth-order valence-electron chi connectivity index (χ4n) is 0.940. The Labute approximate surface area is 80.4 Å². The number of phenols is 1. The quantitative estimate of drug-likeness (QED) is 0.247. The molecule has 14 heavy (non-hydrogen) atoms. The summed E-state index contributed by atoms with van der Waals surface area (Å²) in [6.07, 6.45) is 2.41. The zero-order valence-electron chi connectivity index (χ0n) is 7.27. The number of aliphatic carboxylic acids is 1. The van der Waals surface area contributed by atoms with Crippen LogP contribution in [0.15, 0.2) is 24.3 Å². The van der Waals surface area contributed by atoms with Crippen LogP contribution in [0.4, 0.5) is 5.69 Å². The van der Waals surface area contributed by atoms with Gasteiger partial charge in [-0.2, -0.15) is 0 Å². The maximum absolute atomic E-state index is 10.2. The van der Waals surface area contributed by atoms with Crippen LogP contribution in [0.5, 0.6) is 5.75 Å². The summed E-state index contributed by atoms with van der Waals surface area (Å²) < 4.78 is 0. The highest BCUT2D eigenvalue weighted by atomic mass is 16.4. The van der Waals surface area contributed by atoms with Crippen molar-refractivity contribution in [2.75, 3.05) is 5.43 Å². The number of hydrogen-bond donors (Lipinski definition) is 4. The molecule has 0 bridgehead atoms. The predicted octanol–water partition coefficient (Wildman–Crippen LogP) is 0.776. The van der Waals surface area contributed by atoms with Crippen LogP contribution in [-0.2, 0) is 4.79 Å². The van der Waals surface area contributed by atoms with Crippen molar-refractivity contribution in [2.24, 2.45) is 5.84 Å². The van der Waals surface area contributed by atoms with Gasteiger partial charge in [-0.3, -0.25) is 5.84 Å². The molecule has 0 fully saturated rings. The second-order valence-electron chi connectivity index (χ2n) is 2.59. The summed E-state index contributed by atoms with van der Waals surface area (Å²) in [6, 6.07) is 4.54. The van der Waals surface area contributed by atoms with Crippen molar-refractivity contribution in [2.45, 2.75) is 0 Å². The molecule has 0 amide bonds. The summed E-state index contributed by atoms with van der Waals surface area (Å²) in [7, 11) is 0. The Morgan fingerprint density at radius 3 is 2.79 bits per heavy atom.